The molecule has 0 spiro atoms. The summed E-state index contributed by atoms with van der Waals surface area (Å²) < 4.78 is 0. The third-order valence-electron chi connectivity index (χ3n) is 4.37. The van der Waals surface area contributed by atoms with E-state index in [0.29, 0.717) is 0 Å². The first-order valence-electron chi connectivity index (χ1n) is 8.86. The molecule has 2 atom stereocenters. The molecule has 2 N–H and O–H groups in total. The number of rotatable bonds is 5. The van der Waals surface area contributed by atoms with Gasteiger partial charge in [0, 0.05) is 12.6 Å². The normalized spacial score (nSPS) is 13.3. The highest BCUT2D eigenvalue weighted by Crippen LogP contribution is 2.23. The summed E-state index contributed by atoms with van der Waals surface area (Å²) in [6.45, 7) is 2.89. The zero-order valence-corrected chi connectivity index (χ0v) is 14.9. The lowest BCUT2D eigenvalue weighted by Crippen LogP contribution is -2.18. The molecule has 3 aromatic carbocycles. The van der Waals surface area contributed by atoms with E-state index in [9.17, 15) is 5.11 Å². The summed E-state index contributed by atoms with van der Waals surface area (Å²) >= 11 is 0. The molecule has 0 aliphatic heterocycles. The van der Waals surface area contributed by atoms with Gasteiger partial charge < -0.3 is 10.4 Å². The van der Waals surface area contributed by atoms with E-state index in [-0.39, 0.29) is 6.04 Å². The Bertz CT molecular complexity index is 929. The highest BCUT2D eigenvalue weighted by molar-refractivity contribution is 5.86. The molecule has 26 heavy (non-hydrogen) atoms. The zero-order valence-electron chi connectivity index (χ0n) is 14.9. The van der Waals surface area contributed by atoms with Gasteiger partial charge in [0.2, 0.25) is 0 Å². The number of aliphatic hydroxyl groups excluding tert-OH is 1. The molecule has 130 valence electrons. The lowest BCUT2D eigenvalue weighted by atomic mass is 10.00. The van der Waals surface area contributed by atoms with E-state index >= 15 is 0 Å². The SMILES string of the molecule is C[C@@H](NC/C=C/C#C[C@H](O)c1ccccc1)c1cccc2ccccc12. The summed E-state index contributed by atoms with van der Waals surface area (Å²) in [4.78, 5) is 0. The topological polar surface area (TPSA) is 32.3 Å². The first-order valence-corrected chi connectivity index (χ1v) is 8.86. The first-order chi connectivity index (χ1) is 12.8. The van der Waals surface area contributed by atoms with Crippen LogP contribution in [-0.4, -0.2) is 11.7 Å². The number of fused-ring (bicyclic) bond motifs is 1. The summed E-state index contributed by atoms with van der Waals surface area (Å²) in [6, 6.07) is 24.5. The Morgan fingerprint density at radius 1 is 0.962 bits per heavy atom. The van der Waals surface area contributed by atoms with Gasteiger partial charge in [-0.3, -0.25) is 0 Å². The number of hydrogen-bond donors (Lipinski definition) is 2. The number of benzene rings is 3. The van der Waals surface area contributed by atoms with Crippen LogP contribution in [-0.2, 0) is 0 Å². The second-order valence-corrected chi connectivity index (χ2v) is 6.20. The summed E-state index contributed by atoms with van der Waals surface area (Å²) in [7, 11) is 0. The number of aliphatic hydroxyl groups is 1. The number of hydrogen-bond acceptors (Lipinski definition) is 2. The maximum atomic E-state index is 9.99. The maximum absolute atomic E-state index is 9.99. The molecular formula is C24H23NO. The van der Waals surface area contributed by atoms with Crippen LogP contribution in [0.3, 0.4) is 0 Å². The van der Waals surface area contributed by atoms with Gasteiger partial charge in [-0.2, -0.15) is 0 Å². The van der Waals surface area contributed by atoms with Crippen LogP contribution >= 0.6 is 0 Å². The van der Waals surface area contributed by atoms with Crippen molar-refractivity contribution in [3.05, 3.63) is 96.1 Å². The third-order valence-corrected chi connectivity index (χ3v) is 4.37. The fraction of sp³-hybridized carbons (Fsp3) is 0.167. The van der Waals surface area contributed by atoms with Gasteiger partial charge in [-0.05, 0) is 34.9 Å². The van der Waals surface area contributed by atoms with Crippen molar-refractivity contribution in [2.24, 2.45) is 0 Å². The predicted molar refractivity (Wildman–Crippen MR) is 109 cm³/mol. The van der Waals surface area contributed by atoms with Crippen molar-refractivity contribution in [2.75, 3.05) is 6.54 Å². The number of allylic oxidation sites excluding steroid dienone is 1. The van der Waals surface area contributed by atoms with Gasteiger partial charge in [0.1, 0.15) is 6.10 Å². The summed E-state index contributed by atoms with van der Waals surface area (Å²) in [5, 5.41) is 16.0. The van der Waals surface area contributed by atoms with E-state index in [1.54, 1.807) is 6.08 Å². The van der Waals surface area contributed by atoms with E-state index in [1.165, 1.54) is 16.3 Å². The second kappa shape index (κ2) is 9.01. The van der Waals surface area contributed by atoms with Crippen LogP contribution in [0.2, 0.25) is 0 Å². The van der Waals surface area contributed by atoms with Gasteiger partial charge in [-0.1, -0.05) is 90.7 Å². The average Bonchev–Trinajstić information content (AvgIpc) is 2.70. The fourth-order valence-electron chi connectivity index (χ4n) is 2.95. The Morgan fingerprint density at radius 2 is 1.69 bits per heavy atom. The molecule has 0 saturated heterocycles. The Balaban J connectivity index is 1.55. The highest BCUT2D eigenvalue weighted by Gasteiger charge is 2.07. The molecule has 2 heteroatoms. The van der Waals surface area contributed by atoms with Crippen molar-refractivity contribution in [1.29, 1.82) is 0 Å². The van der Waals surface area contributed by atoms with Crippen LogP contribution in [0.15, 0.2) is 84.9 Å². The quantitative estimate of drug-likeness (QED) is 0.654. The maximum Gasteiger partial charge on any atom is 0.140 e. The molecule has 0 amide bonds. The monoisotopic (exact) mass is 341 g/mol. The van der Waals surface area contributed by atoms with Crippen LogP contribution in [0, 0.1) is 11.8 Å². The summed E-state index contributed by atoms with van der Waals surface area (Å²) in [5.74, 6) is 5.74. The van der Waals surface area contributed by atoms with E-state index in [1.807, 2.05) is 36.4 Å². The van der Waals surface area contributed by atoms with Gasteiger partial charge in [-0.25, -0.2) is 0 Å². The van der Waals surface area contributed by atoms with Crippen LogP contribution in [0.4, 0.5) is 0 Å². The molecule has 0 aliphatic rings. The molecule has 0 saturated carbocycles. The minimum Gasteiger partial charge on any atom is -0.376 e. The van der Waals surface area contributed by atoms with E-state index in [0.717, 1.165) is 12.1 Å². The summed E-state index contributed by atoms with van der Waals surface area (Å²) in [6.07, 6.45) is 3.02. The van der Waals surface area contributed by atoms with Crippen LogP contribution in [0.25, 0.3) is 10.8 Å². The molecular weight excluding hydrogens is 318 g/mol. The molecule has 0 aliphatic carbocycles. The smallest absolute Gasteiger partial charge is 0.140 e. The largest absolute Gasteiger partial charge is 0.376 e. The van der Waals surface area contributed by atoms with Crippen molar-refractivity contribution in [1.82, 2.24) is 5.32 Å². The fourth-order valence-corrected chi connectivity index (χ4v) is 2.95. The molecule has 3 aromatic rings. The van der Waals surface area contributed by atoms with Gasteiger partial charge in [-0.15, -0.1) is 0 Å². The van der Waals surface area contributed by atoms with E-state index < -0.39 is 6.10 Å². The van der Waals surface area contributed by atoms with Crippen molar-refractivity contribution in [3.8, 4) is 11.8 Å². The van der Waals surface area contributed by atoms with Crippen molar-refractivity contribution >= 4 is 10.8 Å². The zero-order chi connectivity index (χ0) is 18.2. The molecule has 0 fully saturated rings. The van der Waals surface area contributed by atoms with Crippen molar-refractivity contribution in [2.45, 2.75) is 19.1 Å². The van der Waals surface area contributed by atoms with Crippen molar-refractivity contribution in [3.63, 3.8) is 0 Å². The summed E-state index contributed by atoms with van der Waals surface area (Å²) in [5.41, 5.74) is 2.11. The Kier molecular flexibility index (Phi) is 6.22. The third kappa shape index (κ3) is 4.61. The average molecular weight is 341 g/mol. The molecule has 0 heterocycles. The van der Waals surface area contributed by atoms with Gasteiger partial charge in [0.05, 0.1) is 0 Å². The minimum atomic E-state index is -0.747. The van der Waals surface area contributed by atoms with Crippen molar-refractivity contribution < 1.29 is 5.11 Å². The Hall–Kier alpha value is -2.86. The van der Waals surface area contributed by atoms with Crippen LogP contribution in [0.1, 0.15) is 30.2 Å². The number of nitrogens with one attached hydrogen (secondary N) is 1. The van der Waals surface area contributed by atoms with E-state index in [4.69, 9.17) is 0 Å². The molecule has 0 aromatic heterocycles. The Morgan fingerprint density at radius 3 is 2.54 bits per heavy atom. The predicted octanol–water partition coefficient (Wildman–Crippen LogP) is 4.78. The molecule has 0 unspecified atom stereocenters. The molecule has 2 nitrogen and oxygen atoms in total. The van der Waals surface area contributed by atoms with E-state index in [2.05, 4.69) is 66.5 Å². The van der Waals surface area contributed by atoms with Gasteiger partial charge >= 0.3 is 0 Å². The molecule has 0 radical (unpaired) electrons. The molecule has 0 bridgehead atoms. The highest BCUT2D eigenvalue weighted by atomic mass is 16.3. The minimum absolute atomic E-state index is 0.244. The lowest BCUT2D eigenvalue weighted by molar-refractivity contribution is 0.238. The Labute approximate surface area is 155 Å². The van der Waals surface area contributed by atoms with Crippen LogP contribution in [0.5, 0.6) is 0 Å². The first kappa shape index (κ1) is 17.9. The van der Waals surface area contributed by atoms with Gasteiger partial charge in [0.15, 0.2) is 0 Å². The van der Waals surface area contributed by atoms with Crippen LogP contribution < -0.4 is 5.32 Å². The molecule has 3 rings (SSSR count). The lowest BCUT2D eigenvalue weighted by Gasteiger charge is -2.15. The second-order valence-electron chi connectivity index (χ2n) is 6.20. The standard InChI is InChI=1S/C24H23NO/c1-19(22-16-10-14-20-11-7-8-15-23(20)22)25-18-9-3-6-17-24(26)21-12-4-2-5-13-21/h2-5,7-16,19,24-26H,18H2,1H3/b9-3+/t19-,24+/m1/s1. The van der Waals surface area contributed by atoms with Gasteiger partial charge in [0.25, 0.3) is 0 Å².